The molecule has 2 aliphatic heterocycles. The second-order valence-corrected chi connectivity index (χ2v) is 12.0. The molecule has 6 heterocycles. The van der Waals surface area contributed by atoms with Crippen LogP contribution in [-0.4, -0.2) is 91.8 Å². The van der Waals surface area contributed by atoms with E-state index in [0.717, 1.165) is 0 Å². The van der Waals surface area contributed by atoms with Crippen molar-refractivity contribution < 1.29 is 33.6 Å². The van der Waals surface area contributed by atoms with Gasteiger partial charge in [0.1, 0.15) is 36.5 Å². The van der Waals surface area contributed by atoms with E-state index in [4.69, 9.17) is 41.8 Å². The number of aromatic nitrogens is 8. The number of nitrogens with zero attached hydrogens (tertiary/aromatic N) is 7. The van der Waals surface area contributed by atoms with Gasteiger partial charge in [0.15, 0.2) is 22.6 Å². The topological polar surface area (TPSA) is 257 Å². The predicted molar refractivity (Wildman–Crippen MR) is 140 cm³/mol. The number of H-pyrrole nitrogens is 1. The first-order valence-electron chi connectivity index (χ1n) is 12.0. The fourth-order valence-electron chi connectivity index (χ4n) is 4.79. The molecule has 0 saturated carbocycles. The van der Waals surface area contributed by atoms with Gasteiger partial charge in [-0.2, -0.15) is 4.98 Å². The van der Waals surface area contributed by atoms with Crippen molar-refractivity contribution in [1.29, 1.82) is 0 Å². The normalized spacial score (nSPS) is 28.5. The molecule has 2 fully saturated rings. The number of nitrogens with two attached hydrogens (primary N) is 2. The molecular weight excluding hydrogens is 571 g/mol. The van der Waals surface area contributed by atoms with E-state index in [1.54, 1.807) is 4.57 Å². The lowest BCUT2D eigenvalue weighted by Crippen LogP contribution is -2.29. The van der Waals surface area contributed by atoms with Crippen LogP contribution in [0, 0.1) is 0 Å². The summed E-state index contributed by atoms with van der Waals surface area (Å²) in [6.45, 7) is -4.58. The van der Waals surface area contributed by atoms with Crippen LogP contribution in [0.2, 0.25) is 0 Å². The Morgan fingerprint density at radius 3 is 2.55 bits per heavy atom. The van der Waals surface area contributed by atoms with Crippen molar-refractivity contribution in [3.05, 3.63) is 29.3 Å². The summed E-state index contributed by atoms with van der Waals surface area (Å²) in [6.07, 6.45) is -0.433. The van der Waals surface area contributed by atoms with Gasteiger partial charge in [-0.3, -0.25) is 18.9 Å². The van der Waals surface area contributed by atoms with Gasteiger partial charge in [-0.15, -0.1) is 0 Å². The van der Waals surface area contributed by atoms with Gasteiger partial charge in [-0.05, 0) is 11.8 Å². The highest BCUT2D eigenvalue weighted by molar-refractivity contribution is 8.07. The van der Waals surface area contributed by atoms with Gasteiger partial charge >= 0.3 is 6.72 Å². The molecule has 4 aromatic heterocycles. The van der Waals surface area contributed by atoms with Crippen LogP contribution < -0.4 is 17.0 Å². The molecular formula is C20H25N10O8PS. The number of anilines is 2. The highest BCUT2D eigenvalue weighted by Crippen LogP contribution is 2.49. The van der Waals surface area contributed by atoms with Crippen LogP contribution in [0.15, 0.2) is 23.8 Å². The molecule has 214 valence electrons. The Hall–Kier alpha value is -3.13. The standard InChI is InChI=1S/C20H25N10O8PS/c21-16-14-17(24-5-23-16)29(6-25-14)13-2-9(10(3-31)36-13)38-39(34,40)35-4-11-8(32)1-12(37-11)30-7-26-15-18(30)27-20(22)28-19(15)33/h5-13,31-32H,1-4H2,(H,34,40)(H2,21,23,24)(H3,22,27,28,33)/t8-,9-,10-,11-,12-,13-,39?/m1/s1. The summed E-state index contributed by atoms with van der Waals surface area (Å²) in [5.41, 5.74) is 12.1. The van der Waals surface area contributed by atoms with E-state index in [-0.39, 0.29) is 42.4 Å². The van der Waals surface area contributed by atoms with Crippen LogP contribution in [0.5, 0.6) is 0 Å². The first kappa shape index (κ1) is 27.1. The third kappa shape index (κ3) is 4.95. The number of ether oxygens (including phenoxy) is 2. The summed E-state index contributed by atoms with van der Waals surface area (Å²) >= 11 is 5.20. The molecule has 0 aromatic carbocycles. The Balaban J connectivity index is 1.10. The van der Waals surface area contributed by atoms with Crippen LogP contribution in [-0.2, 0) is 30.3 Å². The minimum absolute atomic E-state index is 0.0707. The van der Waals surface area contributed by atoms with Crippen LogP contribution in [0.25, 0.3) is 22.3 Å². The van der Waals surface area contributed by atoms with Gasteiger partial charge in [0, 0.05) is 12.8 Å². The Bertz CT molecular complexity index is 1660. The Kier molecular flexibility index (Phi) is 7.01. The minimum atomic E-state index is -3.88. The summed E-state index contributed by atoms with van der Waals surface area (Å²) in [6, 6.07) is 0. The van der Waals surface area contributed by atoms with Crippen molar-refractivity contribution in [3.63, 3.8) is 0 Å². The molecule has 18 nitrogen and oxygen atoms in total. The molecule has 0 radical (unpaired) electrons. The van der Waals surface area contributed by atoms with Crippen molar-refractivity contribution in [2.45, 2.75) is 49.7 Å². The second-order valence-electron chi connectivity index (χ2n) is 9.25. The number of aromatic amines is 1. The van der Waals surface area contributed by atoms with E-state index < -0.39 is 55.8 Å². The lowest BCUT2D eigenvalue weighted by Gasteiger charge is -2.24. The zero-order valence-electron chi connectivity index (χ0n) is 20.5. The number of nitrogen functional groups attached to an aromatic ring is 2. The van der Waals surface area contributed by atoms with E-state index in [1.807, 2.05) is 0 Å². The monoisotopic (exact) mass is 596 g/mol. The zero-order valence-corrected chi connectivity index (χ0v) is 22.3. The van der Waals surface area contributed by atoms with Gasteiger partial charge in [-0.1, -0.05) is 0 Å². The summed E-state index contributed by atoms with van der Waals surface area (Å²) in [7, 11) is 0. The van der Waals surface area contributed by atoms with E-state index in [2.05, 4.69) is 29.9 Å². The smallest absolute Gasteiger partial charge is 0.324 e. The van der Waals surface area contributed by atoms with E-state index in [0.29, 0.717) is 11.2 Å². The summed E-state index contributed by atoms with van der Waals surface area (Å²) in [5, 5.41) is 20.4. The maximum absolute atomic E-state index is 12.1. The Morgan fingerprint density at radius 2 is 1.77 bits per heavy atom. The molecule has 8 N–H and O–H groups in total. The third-order valence-electron chi connectivity index (χ3n) is 6.69. The fraction of sp³-hybridized carbons (Fsp3) is 0.500. The Morgan fingerprint density at radius 1 is 1.07 bits per heavy atom. The number of nitrogens with one attached hydrogen (secondary N) is 1. The summed E-state index contributed by atoms with van der Waals surface area (Å²) in [5.74, 6) is 0.120. The average Bonchev–Trinajstić information content (AvgIpc) is 3.67. The fourth-order valence-corrected chi connectivity index (χ4v) is 6.26. The average molecular weight is 597 g/mol. The van der Waals surface area contributed by atoms with Crippen LogP contribution >= 0.6 is 6.72 Å². The molecule has 1 unspecified atom stereocenters. The molecule has 0 spiro atoms. The van der Waals surface area contributed by atoms with Crippen molar-refractivity contribution >= 4 is 52.6 Å². The number of aliphatic hydroxyl groups is 2. The van der Waals surface area contributed by atoms with Crippen LogP contribution in [0.4, 0.5) is 11.8 Å². The maximum atomic E-state index is 12.1. The lowest BCUT2D eigenvalue weighted by atomic mass is 10.2. The van der Waals surface area contributed by atoms with Gasteiger partial charge in [0.25, 0.3) is 5.56 Å². The molecule has 2 saturated heterocycles. The van der Waals surface area contributed by atoms with Gasteiger partial charge in [0.05, 0.1) is 38.1 Å². The second kappa shape index (κ2) is 10.4. The summed E-state index contributed by atoms with van der Waals surface area (Å²) in [4.78, 5) is 45.7. The van der Waals surface area contributed by atoms with Gasteiger partial charge in [-0.25, -0.2) is 19.9 Å². The molecule has 20 heteroatoms. The first-order valence-corrected chi connectivity index (χ1v) is 14.6. The number of fused-ring (bicyclic) bond motifs is 2. The molecule has 7 atom stereocenters. The largest absolute Gasteiger partial charge is 0.394 e. The number of hydrogen-bond acceptors (Lipinski definition) is 15. The van der Waals surface area contributed by atoms with Crippen molar-refractivity contribution in [3.8, 4) is 0 Å². The molecule has 0 bridgehead atoms. The third-order valence-corrected chi connectivity index (χ3v) is 8.28. The minimum Gasteiger partial charge on any atom is -0.394 e. The SMILES string of the molecule is Nc1nc2c(ncn2[C@H]2C[C@@H](O)[C@@H](COP(O)(=S)O[C@@H]3C[C@H](n4cnc5c(N)ncnc54)O[C@@H]3CO)O2)c(=O)[nH]1. The quantitative estimate of drug-likeness (QED) is 0.129. The molecule has 40 heavy (non-hydrogen) atoms. The van der Waals surface area contributed by atoms with E-state index >= 15 is 0 Å². The molecule has 0 amide bonds. The number of aliphatic hydroxyl groups excluding tert-OH is 2. The van der Waals surface area contributed by atoms with E-state index in [9.17, 15) is 19.9 Å². The highest BCUT2D eigenvalue weighted by atomic mass is 32.5. The van der Waals surface area contributed by atoms with Crippen molar-refractivity contribution in [2.24, 2.45) is 0 Å². The molecule has 0 aliphatic carbocycles. The maximum Gasteiger partial charge on any atom is 0.324 e. The zero-order chi connectivity index (χ0) is 28.2. The molecule has 4 aromatic rings. The van der Waals surface area contributed by atoms with Crippen molar-refractivity contribution in [2.75, 3.05) is 24.7 Å². The van der Waals surface area contributed by atoms with Crippen LogP contribution in [0.3, 0.4) is 0 Å². The van der Waals surface area contributed by atoms with Gasteiger partial charge in [0.2, 0.25) is 5.95 Å². The lowest BCUT2D eigenvalue weighted by molar-refractivity contribution is -0.0507. The number of hydrogen-bond donors (Lipinski definition) is 6. The number of rotatable bonds is 8. The van der Waals surface area contributed by atoms with Crippen molar-refractivity contribution in [1.82, 2.24) is 39.0 Å². The van der Waals surface area contributed by atoms with Crippen LogP contribution in [0.1, 0.15) is 25.3 Å². The Labute approximate surface area is 229 Å². The predicted octanol–water partition coefficient (Wildman–Crippen LogP) is -1.33. The summed E-state index contributed by atoms with van der Waals surface area (Å²) < 4.78 is 26.1. The molecule has 2 aliphatic rings. The van der Waals surface area contributed by atoms with Gasteiger partial charge < -0.3 is 45.1 Å². The first-order chi connectivity index (χ1) is 19.1. The molecule has 6 rings (SSSR count). The highest BCUT2D eigenvalue weighted by Gasteiger charge is 2.42. The number of imidazole rings is 2. The van der Waals surface area contributed by atoms with E-state index in [1.165, 1.54) is 23.5 Å².